The molecule has 0 amide bonds. The number of nitrogens with zero attached hydrogens (tertiary/aromatic N) is 4. The molecule has 3 rings (SSSR count). The molecule has 0 unspecified atom stereocenters. The van der Waals surface area contributed by atoms with Crippen molar-refractivity contribution in [1.82, 2.24) is 9.38 Å². The number of hydrogen-bond donors (Lipinski definition) is 1. The number of ether oxygens (including phenoxy) is 1. The zero-order valence-corrected chi connectivity index (χ0v) is 12.9. The minimum absolute atomic E-state index is 0.0689. The van der Waals surface area contributed by atoms with E-state index < -0.39 is 11.8 Å². The van der Waals surface area contributed by atoms with Gasteiger partial charge < -0.3 is 9.84 Å². The molecule has 0 saturated carbocycles. The fraction of sp³-hybridized carbons (Fsp3) is 0.125. The monoisotopic (exact) mass is 328 g/mol. The third kappa shape index (κ3) is 2.81. The summed E-state index contributed by atoms with van der Waals surface area (Å²) in [5, 5.41) is 17.3. The summed E-state index contributed by atoms with van der Waals surface area (Å²) in [5.41, 5.74) is 1.32. The number of carboxylic acid groups (broad SMARTS) is 1. The molecule has 8 heteroatoms. The average molecular weight is 328 g/mol. The Hall–Kier alpha value is -3.29. The highest BCUT2D eigenvalue weighted by Crippen LogP contribution is 2.31. The first-order chi connectivity index (χ1) is 11.5. The van der Waals surface area contributed by atoms with Crippen molar-refractivity contribution >= 4 is 23.1 Å². The number of aromatic nitrogens is 2. The van der Waals surface area contributed by atoms with Crippen LogP contribution in [-0.4, -0.2) is 27.6 Å². The Morgan fingerprint density at radius 3 is 2.79 bits per heavy atom. The van der Waals surface area contributed by atoms with Crippen LogP contribution in [0.1, 0.15) is 16.1 Å². The van der Waals surface area contributed by atoms with Crippen molar-refractivity contribution < 1.29 is 19.0 Å². The van der Waals surface area contributed by atoms with Crippen LogP contribution in [0.2, 0.25) is 0 Å². The molecule has 0 aliphatic carbocycles. The van der Waals surface area contributed by atoms with Gasteiger partial charge in [-0.05, 0) is 36.8 Å². The van der Waals surface area contributed by atoms with Gasteiger partial charge in [0.25, 0.3) is 0 Å². The lowest BCUT2D eigenvalue weighted by atomic mass is 10.2. The third-order valence-corrected chi connectivity index (χ3v) is 3.35. The van der Waals surface area contributed by atoms with E-state index in [0.717, 1.165) is 11.8 Å². The molecule has 2 heterocycles. The lowest BCUT2D eigenvalue weighted by Gasteiger charge is -2.04. The number of aryl methyl sites for hydroxylation is 1. The number of fused-ring (bicyclic) bond motifs is 1. The fourth-order valence-corrected chi connectivity index (χ4v) is 2.22. The van der Waals surface area contributed by atoms with Crippen LogP contribution in [0.25, 0.3) is 5.65 Å². The maximum absolute atomic E-state index is 13.5. The van der Waals surface area contributed by atoms with Gasteiger partial charge in [0, 0.05) is 6.20 Å². The predicted octanol–water partition coefficient (Wildman–Crippen LogP) is 3.90. The predicted molar refractivity (Wildman–Crippen MR) is 84.0 cm³/mol. The van der Waals surface area contributed by atoms with E-state index in [1.807, 2.05) is 13.0 Å². The smallest absolute Gasteiger partial charge is 0.358 e. The number of rotatable bonds is 4. The Balaban J connectivity index is 2.15. The summed E-state index contributed by atoms with van der Waals surface area (Å²) in [7, 11) is 1.50. The summed E-state index contributed by atoms with van der Waals surface area (Å²) < 4.78 is 19.9. The first-order valence-corrected chi connectivity index (χ1v) is 6.97. The number of azo groups is 1. The summed E-state index contributed by atoms with van der Waals surface area (Å²) in [6.07, 6.45) is 1.11. The van der Waals surface area contributed by atoms with Crippen LogP contribution >= 0.6 is 0 Å². The van der Waals surface area contributed by atoms with Crippen molar-refractivity contribution in [3.8, 4) is 5.75 Å². The molecule has 0 fully saturated rings. The van der Waals surface area contributed by atoms with Gasteiger partial charge in [-0.15, -0.1) is 10.2 Å². The van der Waals surface area contributed by atoms with E-state index in [9.17, 15) is 14.3 Å². The zero-order chi connectivity index (χ0) is 17.3. The first kappa shape index (κ1) is 15.6. The first-order valence-electron chi connectivity index (χ1n) is 6.97. The second-order valence-electron chi connectivity index (χ2n) is 5.04. The number of pyridine rings is 1. The number of hydrogen-bond acceptors (Lipinski definition) is 5. The summed E-state index contributed by atoms with van der Waals surface area (Å²) >= 11 is 0. The van der Waals surface area contributed by atoms with E-state index in [1.165, 1.54) is 23.6 Å². The molecule has 1 N–H and O–H groups in total. The van der Waals surface area contributed by atoms with Crippen LogP contribution in [0.15, 0.2) is 46.8 Å². The van der Waals surface area contributed by atoms with E-state index in [1.54, 1.807) is 12.1 Å². The molecule has 0 bridgehead atoms. The number of halogens is 1. The number of aromatic carboxylic acids is 1. The quantitative estimate of drug-likeness (QED) is 0.736. The third-order valence-electron chi connectivity index (χ3n) is 3.35. The molecule has 0 radical (unpaired) electrons. The summed E-state index contributed by atoms with van der Waals surface area (Å²) in [6.45, 7) is 1.88. The van der Waals surface area contributed by atoms with Gasteiger partial charge in [0.1, 0.15) is 22.9 Å². The van der Waals surface area contributed by atoms with Crippen LogP contribution in [0.4, 0.5) is 15.9 Å². The molecular weight excluding hydrogens is 315 g/mol. The van der Waals surface area contributed by atoms with Gasteiger partial charge in [-0.25, -0.2) is 14.2 Å². The summed E-state index contributed by atoms with van der Waals surface area (Å²) in [6, 6.07) is 7.89. The zero-order valence-electron chi connectivity index (χ0n) is 12.9. The normalized spacial score (nSPS) is 11.3. The molecule has 0 atom stereocenters. The summed E-state index contributed by atoms with van der Waals surface area (Å²) in [5.74, 6) is -1.40. The number of carbonyl (C=O) groups is 1. The van der Waals surface area contributed by atoms with Crippen LogP contribution in [0.3, 0.4) is 0 Å². The molecule has 0 saturated heterocycles. The molecule has 0 spiro atoms. The standard InChI is InChI=1S/C16H13FN4O3/c1-9-3-5-12(24-2)11(7-9)19-20-15-14(16(22)23)18-13-6-4-10(17)8-21(13)15/h3-8H,1-2H3,(H,22,23). The SMILES string of the molecule is COc1ccc(C)cc1N=Nc1c(C(=O)O)nc2ccc(F)cn12. The van der Waals surface area contributed by atoms with Crippen LogP contribution in [0, 0.1) is 12.7 Å². The van der Waals surface area contributed by atoms with E-state index in [0.29, 0.717) is 11.4 Å². The Labute approximate surface area is 136 Å². The highest BCUT2D eigenvalue weighted by Gasteiger charge is 2.19. The number of carboxylic acids is 1. The van der Waals surface area contributed by atoms with Gasteiger partial charge in [0.05, 0.1) is 7.11 Å². The molecule has 122 valence electrons. The number of imidazole rings is 1. The molecule has 0 aliphatic rings. The van der Waals surface area contributed by atoms with Gasteiger partial charge in [-0.2, -0.15) is 0 Å². The van der Waals surface area contributed by atoms with Crippen LogP contribution < -0.4 is 4.74 Å². The molecular formula is C16H13FN4O3. The maximum Gasteiger partial charge on any atom is 0.358 e. The minimum Gasteiger partial charge on any atom is -0.494 e. The van der Waals surface area contributed by atoms with Gasteiger partial charge in [0.15, 0.2) is 11.5 Å². The highest BCUT2D eigenvalue weighted by atomic mass is 19.1. The van der Waals surface area contributed by atoms with Gasteiger partial charge in [-0.3, -0.25) is 4.40 Å². The average Bonchev–Trinajstić information content (AvgIpc) is 2.91. The number of methoxy groups -OCH3 is 1. The molecule has 3 aromatic rings. The van der Waals surface area contributed by atoms with Crippen LogP contribution in [0.5, 0.6) is 5.75 Å². The van der Waals surface area contributed by atoms with E-state index in [2.05, 4.69) is 15.2 Å². The maximum atomic E-state index is 13.5. The molecule has 1 aromatic carbocycles. The van der Waals surface area contributed by atoms with Gasteiger partial charge in [-0.1, -0.05) is 6.07 Å². The lowest BCUT2D eigenvalue weighted by Crippen LogP contribution is -1.96. The van der Waals surface area contributed by atoms with Crippen molar-refractivity contribution in [3.05, 3.63) is 53.6 Å². The topological polar surface area (TPSA) is 88.5 Å². The van der Waals surface area contributed by atoms with E-state index in [4.69, 9.17) is 4.74 Å². The Bertz CT molecular complexity index is 965. The van der Waals surface area contributed by atoms with Crippen molar-refractivity contribution in [2.45, 2.75) is 6.92 Å². The van der Waals surface area contributed by atoms with E-state index in [-0.39, 0.29) is 17.2 Å². The lowest BCUT2D eigenvalue weighted by molar-refractivity contribution is 0.0692. The van der Waals surface area contributed by atoms with Crippen molar-refractivity contribution in [2.75, 3.05) is 7.11 Å². The molecule has 7 nitrogen and oxygen atoms in total. The Kier molecular flexibility index (Phi) is 3.95. The highest BCUT2D eigenvalue weighted by molar-refractivity contribution is 5.91. The van der Waals surface area contributed by atoms with Crippen LogP contribution in [-0.2, 0) is 0 Å². The second kappa shape index (κ2) is 6.07. The van der Waals surface area contributed by atoms with Gasteiger partial charge in [0.2, 0.25) is 0 Å². The molecule has 24 heavy (non-hydrogen) atoms. The van der Waals surface area contributed by atoms with E-state index >= 15 is 0 Å². The minimum atomic E-state index is -1.27. The van der Waals surface area contributed by atoms with Crippen molar-refractivity contribution in [3.63, 3.8) is 0 Å². The number of benzene rings is 1. The molecule has 0 aliphatic heterocycles. The Morgan fingerprint density at radius 2 is 2.08 bits per heavy atom. The fourth-order valence-electron chi connectivity index (χ4n) is 2.22. The van der Waals surface area contributed by atoms with Crippen molar-refractivity contribution in [1.29, 1.82) is 0 Å². The Morgan fingerprint density at radius 1 is 1.29 bits per heavy atom. The molecule has 2 aromatic heterocycles. The van der Waals surface area contributed by atoms with Gasteiger partial charge >= 0.3 is 5.97 Å². The summed E-state index contributed by atoms with van der Waals surface area (Å²) in [4.78, 5) is 15.3. The van der Waals surface area contributed by atoms with Crippen molar-refractivity contribution in [2.24, 2.45) is 10.2 Å². The largest absolute Gasteiger partial charge is 0.494 e. The second-order valence-corrected chi connectivity index (χ2v) is 5.04.